The molecule has 0 unspecified atom stereocenters. The van der Waals surface area contributed by atoms with Gasteiger partial charge in [0.2, 0.25) is 23.5 Å². The number of amides is 2. The zero-order valence-corrected chi connectivity index (χ0v) is 17.4. The average molecular weight is 410 g/mol. The van der Waals surface area contributed by atoms with Gasteiger partial charge >= 0.3 is 0 Å². The van der Waals surface area contributed by atoms with Crippen molar-refractivity contribution in [3.8, 4) is 10.7 Å². The second-order valence-corrected chi connectivity index (χ2v) is 8.47. The van der Waals surface area contributed by atoms with Gasteiger partial charge in [-0.05, 0) is 49.2 Å². The molecule has 0 radical (unpaired) electrons. The summed E-state index contributed by atoms with van der Waals surface area (Å²) in [6.45, 7) is 6.60. The van der Waals surface area contributed by atoms with Crippen LogP contribution < -0.4 is 10.2 Å². The number of thiophene rings is 1. The first-order valence-electron chi connectivity index (χ1n) is 9.45. The molecule has 2 aromatic heterocycles. The highest BCUT2D eigenvalue weighted by Crippen LogP contribution is 2.33. The van der Waals surface area contributed by atoms with Crippen LogP contribution in [0.2, 0.25) is 0 Å². The molecule has 0 spiro atoms. The molecule has 2 amide bonds. The SMILES string of the molecule is CC(=O)NCc1ccc(-c2noc([C@H]3CC(=O)N(c4ccc(C)c(C)c4)C3)n2)s1. The highest BCUT2D eigenvalue weighted by molar-refractivity contribution is 7.15. The van der Waals surface area contributed by atoms with Gasteiger partial charge in [-0.3, -0.25) is 9.59 Å². The number of carbonyl (C=O) groups is 2. The van der Waals surface area contributed by atoms with Crippen molar-refractivity contribution >= 4 is 28.8 Å². The molecule has 1 aliphatic rings. The van der Waals surface area contributed by atoms with Crippen LogP contribution in [0, 0.1) is 13.8 Å². The summed E-state index contributed by atoms with van der Waals surface area (Å²) in [4.78, 5) is 31.8. The van der Waals surface area contributed by atoms with Crippen LogP contribution in [0.15, 0.2) is 34.9 Å². The van der Waals surface area contributed by atoms with Gasteiger partial charge in [0, 0.05) is 30.5 Å². The predicted octanol–water partition coefficient (Wildman–Crippen LogP) is 3.57. The van der Waals surface area contributed by atoms with E-state index in [1.165, 1.54) is 23.8 Å². The molecule has 1 aromatic carbocycles. The van der Waals surface area contributed by atoms with E-state index in [-0.39, 0.29) is 17.7 Å². The predicted molar refractivity (Wildman–Crippen MR) is 111 cm³/mol. The van der Waals surface area contributed by atoms with Crippen molar-refractivity contribution < 1.29 is 14.1 Å². The lowest BCUT2D eigenvalue weighted by Crippen LogP contribution is -2.24. The topological polar surface area (TPSA) is 88.3 Å². The number of nitrogens with one attached hydrogen (secondary N) is 1. The summed E-state index contributed by atoms with van der Waals surface area (Å²) < 4.78 is 5.48. The van der Waals surface area contributed by atoms with E-state index in [2.05, 4.69) is 22.4 Å². The standard InChI is InChI=1S/C21H22N4O3S/c1-12-4-5-16(8-13(12)2)25-11-15(9-19(25)27)21-23-20(24-28-21)18-7-6-17(29-18)10-22-14(3)26/h4-8,15H,9-11H2,1-3H3,(H,22,26)/t15-/m0/s1. The Balaban J connectivity index is 1.48. The lowest BCUT2D eigenvalue weighted by atomic mass is 10.1. The van der Waals surface area contributed by atoms with Crippen LogP contribution in [0.4, 0.5) is 5.69 Å². The molecule has 1 fully saturated rings. The summed E-state index contributed by atoms with van der Waals surface area (Å²) >= 11 is 1.51. The maximum absolute atomic E-state index is 12.6. The summed E-state index contributed by atoms with van der Waals surface area (Å²) in [6.07, 6.45) is 0.354. The van der Waals surface area contributed by atoms with Crippen LogP contribution in [0.1, 0.15) is 41.2 Å². The fourth-order valence-corrected chi connectivity index (χ4v) is 4.19. The Morgan fingerprint density at radius 1 is 1.28 bits per heavy atom. The van der Waals surface area contributed by atoms with Crippen molar-refractivity contribution in [3.63, 3.8) is 0 Å². The van der Waals surface area contributed by atoms with Crippen LogP contribution in [0.5, 0.6) is 0 Å². The number of hydrogen-bond donors (Lipinski definition) is 1. The van der Waals surface area contributed by atoms with Crippen LogP contribution in [-0.4, -0.2) is 28.5 Å². The number of anilines is 1. The van der Waals surface area contributed by atoms with Crippen molar-refractivity contribution in [3.05, 3.63) is 52.2 Å². The van der Waals surface area contributed by atoms with Crippen molar-refractivity contribution in [2.75, 3.05) is 11.4 Å². The third-order valence-electron chi connectivity index (χ3n) is 5.11. The van der Waals surface area contributed by atoms with Gasteiger partial charge in [-0.25, -0.2) is 0 Å². The van der Waals surface area contributed by atoms with Crippen LogP contribution in [0.25, 0.3) is 10.7 Å². The largest absolute Gasteiger partial charge is 0.351 e. The van der Waals surface area contributed by atoms with Crippen LogP contribution in [-0.2, 0) is 16.1 Å². The quantitative estimate of drug-likeness (QED) is 0.695. The zero-order valence-electron chi connectivity index (χ0n) is 16.6. The number of benzene rings is 1. The molecule has 3 heterocycles. The fraction of sp³-hybridized carbons (Fsp3) is 0.333. The first-order chi connectivity index (χ1) is 13.9. The lowest BCUT2D eigenvalue weighted by Gasteiger charge is -2.17. The molecule has 7 nitrogen and oxygen atoms in total. The first kappa shape index (κ1) is 19.3. The van der Waals surface area contributed by atoms with E-state index in [1.807, 2.05) is 37.3 Å². The van der Waals surface area contributed by atoms with Gasteiger partial charge < -0.3 is 14.7 Å². The minimum absolute atomic E-state index is 0.0618. The fourth-order valence-electron chi connectivity index (χ4n) is 3.32. The number of hydrogen-bond acceptors (Lipinski definition) is 6. The van der Waals surface area contributed by atoms with Gasteiger partial charge in [-0.2, -0.15) is 4.98 Å². The number of aryl methyl sites for hydroxylation is 2. The molecule has 29 heavy (non-hydrogen) atoms. The molecular weight excluding hydrogens is 388 g/mol. The van der Waals surface area contributed by atoms with Crippen molar-refractivity contribution in [2.24, 2.45) is 0 Å². The number of carbonyl (C=O) groups excluding carboxylic acids is 2. The second-order valence-electron chi connectivity index (χ2n) is 7.31. The Bertz CT molecular complexity index is 1070. The third-order valence-corrected chi connectivity index (χ3v) is 6.19. The van der Waals surface area contributed by atoms with Gasteiger partial charge in [-0.1, -0.05) is 11.2 Å². The summed E-state index contributed by atoms with van der Waals surface area (Å²) in [7, 11) is 0. The summed E-state index contributed by atoms with van der Waals surface area (Å²) in [5.74, 6) is 0.865. The van der Waals surface area contributed by atoms with Gasteiger partial charge in [0.15, 0.2) is 0 Å². The lowest BCUT2D eigenvalue weighted by molar-refractivity contribution is -0.119. The molecule has 0 saturated carbocycles. The molecule has 4 rings (SSSR count). The minimum Gasteiger partial charge on any atom is -0.351 e. The Kier molecular flexibility index (Phi) is 5.19. The number of aromatic nitrogens is 2. The molecule has 3 aromatic rings. The number of nitrogens with zero attached hydrogens (tertiary/aromatic N) is 3. The monoisotopic (exact) mass is 410 g/mol. The van der Waals surface area contributed by atoms with E-state index in [0.29, 0.717) is 31.2 Å². The maximum atomic E-state index is 12.6. The molecule has 0 aliphatic carbocycles. The Hall–Kier alpha value is -3.00. The van der Waals surface area contributed by atoms with Crippen LogP contribution >= 0.6 is 11.3 Å². The molecule has 8 heteroatoms. The molecule has 1 aliphatic heterocycles. The summed E-state index contributed by atoms with van der Waals surface area (Å²) in [5.41, 5.74) is 3.26. The van der Waals surface area contributed by atoms with Crippen molar-refractivity contribution in [1.82, 2.24) is 15.5 Å². The van der Waals surface area contributed by atoms with E-state index < -0.39 is 0 Å². The first-order valence-corrected chi connectivity index (χ1v) is 10.3. The number of rotatable bonds is 5. The maximum Gasteiger partial charge on any atom is 0.232 e. The van der Waals surface area contributed by atoms with E-state index in [4.69, 9.17) is 4.52 Å². The van der Waals surface area contributed by atoms with Crippen molar-refractivity contribution in [1.29, 1.82) is 0 Å². The minimum atomic E-state index is -0.121. The molecule has 0 bridgehead atoms. The highest BCUT2D eigenvalue weighted by Gasteiger charge is 2.35. The van der Waals surface area contributed by atoms with Gasteiger partial charge in [0.1, 0.15) is 0 Å². The van der Waals surface area contributed by atoms with Gasteiger partial charge in [0.05, 0.1) is 17.3 Å². The van der Waals surface area contributed by atoms with Gasteiger partial charge in [-0.15, -0.1) is 11.3 Å². The molecule has 1 atom stereocenters. The molecular formula is C21H22N4O3S. The zero-order chi connectivity index (χ0) is 20.5. The van der Waals surface area contributed by atoms with Crippen LogP contribution in [0.3, 0.4) is 0 Å². The molecule has 150 valence electrons. The Morgan fingerprint density at radius 3 is 2.86 bits per heavy atom. The van der Waals surface area contributed by atoms with Gasteiger partial charge in [0.25, 0.3) is 0 Å². The Labute approximate surface area is 172 Å². The normalized spacial score (nSPS) is 16.4. The average Bonchev–Trinajstić information content (AvgIpc) is 3.41. The van der Waals surface area contributed by atoms with Crippen molar-refractivity contribution in [2.45, 2.75) is 39.7 Å². The third kappa shape index (κ3) is 4.07. The van der Waals surface area contributed by atoms with E-state index in [1.54, 1.807) is 4.90 Å². The second kappa shape index (κ2) is 7.79. The van der Waals surface area contributed by atoms with E-state index >= 15 is 0 Å². The highest BCUT2D eigenvalue weighted by atomic mass is 32.1. The Morgan fingerprint density at radius 2 is 2.10 bits per heavy atom. The smallest absolute Gasteiger partial charge is 0.232 e. The van der Waals surface area contributed by atoms with E-state index in [0.717, 1.165) is 21.0 Å². The molecule has 1 saturated heterocycles. The summed E-state index contributed by atoms with van der Waals surface area (Å²) in [6, 6.07) is 9.90. The summed E-state index contributed by atoms with van der Waals surface area (Å²) in [5, 5.41) is 6.87. The van der Waals surface area contributed by atoms with E-state index in [9.17, 15) is 9.59 Å². The molecule has 1 N–H and O–H groups in total.